The van der Waals surface area contributed by atoms with Crippen LogP contribution in [0.25, 0.3) is 0 Å². The fourth-order valence-electron chi connectivity index (χ4n) is 9.44. The van der Waals surface area contributed by atoms with Crippen LogP contribution in [0.1, 0.15) is 130 Å². The Morgan fingerprint density at radius 2 is 1.71 bits per heavy atom. The number of esters is 2. The molecule has 3 saturated carbocycles. The van der Waals surface area contributed by atoms with Crippen molar-refractivity contribution in [2.24, 2.45) is 34.0 Å². The van der Waals surface area contributed by atoms with Crippen LogP contribution in [0.4, 0.5) is 0 Å². The molecule has 0 aliphatic heterocycles. The number of aliphatic hydroxyl groups excluding tert-OH is 3. The summed E-state index contributed by atoms with van der Waals surface area (Å²) in [6.07, 6.45) is 6.91. The molecule has 3 N–H and O–H groups in total. The summed E-state index contributed by atoms with van der Waals surface area (Å²) in [5, 5.41) is 31.7. The highest BCUT2D eigenvalue weighted by molar-refractivity contribution is 8.00. The molecule has 0 spiro atoms. The normalized spacial score (nSPS) is 33.5. The van der Waals surface area contributed by atoms with Crippen molar-refractivity contribution in [1.29, 1.82) is 0 Å². The molecular weight excluding hydrogens is 628 g/mol. The zero-order valence-corrected chi connectivity index (χ0v) is 31.1. The van der Waals surface area contributed by atoms with Gasteiger partial charge in [-0.3, -0.25) is 14.4 Å². The average molecular weight is 689 g/mol. The van der Waals surface area contributed by atoms with Crippen molar-refractivity contribution in [2.75, 3.05) is 5.75 Å². The van der Waals surface area contributed by atoms with E-state index in [1.807, 2.05) is 20.8 Å². The Morgan fingerprint density at radius 1 is 1.00 bits per heavy atom. The third kappa shape index (κ3) is 8.16. The number of carbonyl (C=O) groups is 3. The highest BCUT2D eigenvalue weighted by Gasteiger charge is 2.68. The van der Waals surface area contributed by atoms with Gasteiger partial charge in [-0.05, 0) is 99.2 Å². The average Bonchev–Trinajstić information content (AvgIpc) is 3.38. The third-order valence-electron chi connectivity index (χ3n) is 12.3. The first kappa shape index (κ1) is 38.9. The lowest BCUT2D eigenvalue weighted by Crippen LogP contribution is -2.63. The molecule has 1 aromatic carbocycles. The summed E-state index contributed by atoms with van der Waals surface area (Å²) in [5.41, 5.74) is -0.538. The Labute approximate surface area is 292 Å². The number of aliphatic hydroxyl groups is 3. The number of hydrogen-bond acceptors (Lipinski definition) is 9. The molecule has 4 rings (SSSR count). The molecule has 0 radical (unpaired) electrons. The maximum Gasteiger partial charge on any atom is 0.316 e. The largest absolute Gasteiger partial charge is 0.461 e. The quantitative estimate of drug-likeness (QED) is 0.112. The van der Waals surface area contributed by atoms with Crippen molar-refractivity contribution in [3.05, 3.63) is 29.3 Å². The second kappa shape index (κ2) is 15.5. The van der Waals surface area contributed by atoms with Crippen LogP contribution in [-0.4, -0.2) is 56.6 Å². The Kier molecular flexibility index (Phi) is 12.6. The summed E-state index contributed by atoms with van der Waals surface area (Å²) in [7, 11) is 0. The van der Waals surface area contributed by atoms with Gasteiger partial charge < -0.3 is 24.8 Å². The molecule has 0 aromatic heterocycles. The Morgan fingerprint density at radius 3 is 2.38 bits per heavy atom. The zero-order valence-electron chi connectivity index (χ0n) is 30.3. The first-order valence-electron chi connectivity index (χ1n) is 18.1. The molecule has 0 amide bonds. The number of unbranched alkanes of at least 4 members (excludes halogenated alkanes) is 3. The van der Waals surface area contributed by atoms with E-state index in [2.05, 4.69) is 27.7 Å². The van der Waals surface area contributed by atoms with Gasteiger partial charge in [-0.2, -0.15) is 0 Å². The SMILES string of the molecule is C[C@@H]1CC[C@@]23CCC(=O)[C@H]2[C@]1(C)[C@H](OC(=O)CSc1cc(CO)ccc1CO)C[C@](C)(CCCCCCC(=O)OC(C)(C)C)[C@@H](O)[C@@H]3C. The lowest BCUT2D eigenvalue weighted by Gasteiger charge is -2.62. The maximum atomic E-state index is 13.8. The minimum absolute atomic E-state index is 0.0277. The van der Waals surface area contributed by atoms with Crippen molar-refractivity contribution >= 4 is 29.5 Å². The van der Waals surface area contributed by atoms with Crippen molar-refractivity contribution in [3.63, 3.8) is 0 Å². The van der Waals surface area contributed by atoms with Gasteiger partial charge in [-0.1, -0.05) is 59.1 Å². The van der Waals surface area contributed by atoms with Crippen molar-refractivity contribution in [3.8, 4) is 0 Å². The van der Waals surface area contributed by atoms with Crippen LogP contribution in [0.5, 0.6) is 0 Å². The molecule has 0 heterocycles. The van der Waals surface area contributed by atoms with Gasteiger partial charge in [0.15, 0.2) is 0 Å². The topological polar surface area (TPSA) is 130 Å². The molecule has 3 aliphatic rings. The first-order valence-corrected chi connectivity index (χ1v) is 19.1. The van der Waals surface area contributed by atoms with Crippen LogP contribution < -0.4 is 0 Å². The predicted molar refractivity (Wildman–Crippen MR) is 187 cm³/mol. The molecule has 3 fully saturated rings. The van der Waals surface area contributed by atoms with Crippen molar-refractivity contribution in [1.82, 2.24) is 0 Å². The van der Waals surface area contributed by atoms with E-state index in [0.29, 0.717) is 30.4 Å². The number of hydrogen-bond donors (Lipinski definition) is 3. The Hall–Kier alpha value is -1.94. The van der Waals surface area contributed by atoms with E-state index in [1.54, 1.807) is 18.2 Å². The molecule has 0 unspecified atom stereocenters. The summed E-state index contributed by atoms with van der Waals surface area (Å²) >= 11 is 1.28. The monoisotopic (exact) mass is 688 g/mol. The minimum atomic E-state index is -0.658. The number of rotatable bonds is 13. The Balaban J connectivity index is 1.55. The highest BCUT2D eigenvalue weighted by Crippen LogP contribution is 2.68. The molecule has 8 nitrogen and oxygen atoms in total. The van der Waals surface area contributed by atoms with Crippen LogP contribution in [0.3, 0.4) is 0 Å². The Bertz CT molecular complexity index is 1310. The number of Topliss-reactive ketones (excluding diaryl/α,β-unsaturated/α-hetero) is 1. The molecule has 48 heavy (non-hydrogen) atoms. The molecule has 0 saturated heterocycles. The highest BCUT2D eigenvalue weighted by atomic mass is 32.2. The fourth-order valence-corrected chi connectivity index (χ4v) is 10.3. The second-order valence-corrected chi connectivity index (χ2v) is 17.6. The summed E-state index contributed by atoms with van der Waals surface area (Å²) < 4.78 is 11.9. The minimum Gasteiger partial charge on any atom is -0.461 e. The van der Waals surface area contributed by atoms with Crippen molar-refractivity contribution in [2.45, 2.75) is 155 Å². The van der Waals surface area contributed by atoms with E-state index >= 15 is 0 Å². The van der Waals surface area contributed by atoms with Gasteiger partial charge >= 0.3 is 11.9 Å². The van der Waals surface area contributed by atoms with Crippen LogP contribution in [-0.2, 0) is 37.1 Å². The maximum absolute atomic E-state index is 13.8. The predicted octanol–water partition coefficient (Wildman–Crippen LogP) is 7.17. The standard InChI is InChI=1S/C39H60O8S/c1-25-15-18-39-19-16-29(42)34(39)38(25,7)31(46-33(44)24-48-30-20-27(22-40)13-14-28(30)23-41)21-37(6,35(45)26(39)2)17-11-9-8-10-12-32(43)47-36(3,4)5/h13-14,20,25-26,31,34-35,40-41,45H,8-12,15-19,21-24H2,1-7H3/t25-,26+,31-,34+,35+,37+,38+,39+/m1/s1. The van der Waals surface area contributed by atoms with Crippen LogP contribution in [0.2, 0.25) is 0 Å². The van der Waals surface area contributed by atoms with E-state index in [-0.39, 0.29) is 59.9 Å². The lowest BCUT2D eigenvalue weighted by atomic mass is 9.43. The molecular formula is C39H60O8S. The van der Waals surface area contributed by atoms with Crippen LogP contribution in [0.15, 0.2) is 23.1 Å². The molecule has 9 heteroatoms. The van der Waals surface area contributed by atoms with E-state index in [1.165, 1.54) is 11.8 Å². The smallest absolute Gasteiger partial charge is 0.316 e. The fraction of sp³-hybridized carbons (Fsp3) is 0.769. The van der Waals surface area contributed by atoms with E-state index in [4.69, 9.17) is 9.47 Å². The van der Waals surface area contributed by atoms with Crippen LogP contribution in [0, 0.1) is 34.0 Å². The lowest BCUT2D eigenvalue weighted by molar-refractivity contribution is -0.211. The summed E-state index contributed by atoms with van der Waals surface area (Å²) in [6, 6.07) is 5.31. The molecule has 3 aliphatic carbocycles. The van der Waals surface area contributed by atoms with Gasteiger partial charge in [0.25, 0.3) is 0 Å². The second-order valence-electron chi connectivity index (χ2n) is 16.6. The number of ether oxygens (including phenoxy) is 2. The third-order valence-corrected chi connectivity index (χ3v) is 13.4. The van der Waals surface area contributed by atoms with Gasteiger partial charge in [0, 0.05) is 29.1 Å². The molecule has 270 valence electrons. The molecule has 8 atom stereocenters. The summed E-state index contributed by atoms with van der Waals surface area (Å²) in [4.78, 5) is 40.4. The molecule has 2 bridgehead atoms. The number of thioether (sulfide) groups is 1. The number of ketones is 1. The van der Waals surface area contributed by atoms with Crippen molar-refractivity contribution < 1.29 is 39.2 Å². The first-order chi connectivity index (χ1) is 22.5. The zero-order chi connectivity index (χ0) is 35.5. The van der Waals surface area contributed by atoms with Crippen LogP contribution >= 0.6 is 11.8 Å². The van der Waals surface area contributed by atoms with Gasteiger partial charge in [-0.15, -0.1) is 11.8 Å². The molecule has 1 aromatic rings. The van der Waals surface area contributed by atoms with E-state index < -0.39 is 28.6 Å². The van der Waals surface area contributed by atoms with E-state index in [9.17, 15) is 29.7 Å². The van der Waals surface area contributed by atoms with Gasteiger partial charge in [0.1, 0.15) is 17.5 Å². The summed E-state index contributed by atoms with van der Waals surface area (Å²) in [6.45, 7) is 14.0. The number of benzene rings is 1. The van der Waals surface area contributed by atoms with Gasteiger partial charge in [0.2, 0.25) is 0 Å². The number of carbonyl (C=O) groups excluding carboxylic acids is 3. The summed E-state index contributed by atoms with van der Waals surface area (Å²) in [5.74, 6) is -0.482. The van der Waals surface area contributed by atoms with Gasteiger partial charge in [-0.25, -0.2) is 0 Å². The van der Waals surface area contributed by atoms with Gasteiger partial charge in [0.05, 0.1) is 25.1 Å². The van der Waals surface area contributed by atoms with E-state index in [0.717, 1.165) is 56.3 Å².